The second-order valence-electron chi connectivity index (χ2n) is 12.8. The van der Waals surface area contributed by atoms with Crippen molar-refractivity contribution in [3.05, 3.63) is 95.8 Å². The van der Waals surface area contributed by atoms with E-state index < -0.39 is 29.5 Å². The van der Waals surface area contributed by atoms with E-state index in [4.69, 9.17) is 5.73 Å². The van der Waals surface area contributed by atoms with Crippen molar-refractivity contribution in [2.24, 2.45) is 5.73 Å². The molecule has 4 rings (SSSR count). The summed E-state index contributed by atoms with van der Waals surface area (Å²) in [6.07, 6.45) is 4.50. The van der Waals surface area contributed by atoms with Crippen molar-refractivity contribution < 1.29 is 23.9 Å². The molecule has 0 aliphatic carbocycles. The molecule has 45 heavy (non-hydrogen) atoms. The van der Waals surface area contributed by atoms with E-state index >= 15 is 0 Å². The Morgan fingerprint density at radius 3 is 2.18 bits per heavy atom. The predicted octanol–water partition coefficient (Wildman–Crippen LogP) is 4.09. The van der Waals surface area contributed by atoms with E-state index in [9.17, 15) is 23.9 Å². The molecule has 3 aromatic rings. The molecule has 3 amide bonds. The number of carbonyl (C=O) groups excluding carboxylic acids is 3. The van der Waals surface area contributed by atoms with Crippen LogP contribution in [-0.2, 0) is 27.2 Å². The number of benzene rings is 3. The lowest BCUT2D eigenvalue weighted by molar-refractivity contribution is -0.150. The molecule has 0 radical (unpaired) electrons. The lowest BCUT2D eigenvalue weighted by Crippen LogP contribution is -2.57. The first kappa shape index (κ1) is 33.8. The van der Waals surface area contributed by atoms with E-state index in [1.807, 2.05) is 56.3 Å². The quantitative estimate of drug-likeness (QED) is 0.316. The van der Waals surface area contributed by atoms with Crippen LogP contribution in [0.4, 0.5) is 4.39 Å². The number of hydrogen-bond acceptors (Lipinski definition) is 5. The number of amides is 3. The number of piperidine rings is 1. The lowest BCUT2D eigenvalue weighted by Gasteiger charge is -2.38. The van der Waals surface area contributed by atoms with Gasteiger partial charge >= 0.3 is 0 Å². The van der Waals surface area contributed by atoms with Crippen molar-refractivity contribution in [1.82, 2.24) is 14.7 Å². The number of aliphatic hydroxyl groups excluding tert-OH is 1. The summed E-state index contributed by atoms with van der Waals surface area (Å²) in [7, 11) is 3.19. The van der Waals surface area contributed by atoms with Crippen LogP contribution < -0.4 is 5.73 Å². The number of hydrogen-bond donors (Lipinski definition) is 2. The SMILES string of the molecule is CN(C(=O)C=CCC(C)(C)N)[C@H](Cc1ccc2ccccc2c1)C(=O)N(C)[C@H](Cc1ccc(F)cc1)C(=O)N1CCC(O)CC1. The van der Waals surface area contributed by atoms with Crippen LogP contribution in [0.1, 0.15) is 44.2 Å². The van der Waals surface area contributed by atoms with Crippen molar-refractivity contribution in [2.75, 3.05) is 27.2 Å². The number of halogens is 1. The van der Waals surface area contributed by atoms with Gasteiger partial charge in [-0.25, -0.2) is 4.39 Å². The van der Waals surface area contributed by atoms with E-state index in [0.717, 1.165) is 16.3 Å². The molecule has 0 spiro atoms. The minimum atomic E-state index is -0.911. The van der Waals surface area contributed by atoms with E-state index in [1.165, 1.54) is 28.0 Å². The van der Waals surface area contributed by atoms with Gasteiger partial charge in [-0.1, -0.05) is 60.7 Å². The van der Waals surface area contributed by atoms with E-state index in [-0.39, 0.29) is 30.6 Å². The Morgan fingerprint density at radius 2 is 1.53 bits per heavy atom. The minimum Gasteiger partial charge on any atom is -0.393 e. The van der Waals surface area contributed by atoms with Crippen molar-refractivity contribution in [3.63, 3.8) is 0 Å². The van der Waals surface area contributed by atoms with Gasteiger partial charge in [0.05, 0.1) is 6.10 Å². The summed E-state index contributed by atoms with van der Waals surface area (Å²) in [5.74, 6) is -1.37. The number of likely N-dealkylation sites (tertiary alicyclic amines) is 1. The molecule has 8 nitrogen and oxygen atoms in total. The maximum atomic E-state index is 14.4. The monoisotopic (exact) mass is 616 g/mol. The average Bonchev–Trinajstić information content (AvgIpc) is 3.01. The molecule has 1 saturated heterocycles. The van der Waals surface area contributed by atoms with E-state index in [1.54, 1.807) is 37.2 Å². The highest BCUT2D eigenvalue weighted by atomic mass is 19.1. The third-order valence-corrected chi connectivity index (χ3v) is 8.47. The maximum absolute atomic E-state index is 14.4. The van der Waals surface area contributed by atoms with Gasteiger partial charge in [0.2, 0.25) is 17.7 Å². The molecule has 1 aliphatic rings. The smallest absolute Gasteiger partial charge is 0.246 e. The highest BCUT2D eigenvalue weighted by molar-refractivity contribution is 5.95. The standard InChI is InChI=1S/C36H45FN4O4/c1-36(2,38)19-7-10-33(43)39(3)31(24-26-11-14-27-8-5-6-9-28(27)22-26)34(44)40(4)32(23-25-12-15-29(37)16-13-25)35(45)41-20-17-30(42)18-21-41/h5-16,22,30-32,42H,17-21,23-24,38H2,1-4H3/t31-,32-/m1/s1. The highest BCUT2D eigenvalue weighted by Gasteiger charge is 2.37. The molecule has 240 valence electrons. The Morgan fingerprint density at radius 1 is 0.933 bits per heavy atom. The Kier molecular flexibility index (Phi) is 11.1. The second kappa shape index (κ2) is 14.8. The molecule has 3 aromatic carbocycles. The van der Waals surface area contributed by atoms with Crippen LogP contribution in [0.2, 0.25) is 0 Å². The molecule has 0 unspecified atom stereocenters. The van der Waals surface area contributed by atoms with Crippen molar-refractivity contribution >= 4 is 28.5 Å². The molecule has 0 aromatic heterocycles. The number of nitrogens with zero attached hydrogens (tertiary/aromatic N) is 3. The normalized spacial score (nSPS) is 15.7. The summed E-state index contributed by atoms with van der Waals surface area (Å²) in [5, 5.41) is 12.1. The van der Waals surface area contributed by atoms with Gasteiger partial charge in [0.15, 0.2) is 0 Å². The highest BCUT2D eigenvalue weighted by Crippen LogP contribution is 2.22. The van der Waals surface area contributed by atoms with Gasteiger partial charge in [0.1, 0.15) is 17.9 Å². The number of nitrogens with two attached hydrogens (primary N) is 1. The van der Waals surface area contributed by atoms with Crippen molar-refractivity contribution in [1.29, 1.82) is 0 Å². The second-order valence-corrected chi connectivity index (χ2v) is 12.8. The van der Waals surface area contributed by atoms with Crippen LogP contribution in [0, 0.1) is 5.82 Å². The van der Waals surface area contributed by atoms with Crippen LogP contribution in [0.25, 0.3) is 10.8 Å². The summed E-state index contributed by atoms with van der Waals surface area (Å²) >= 11 is 0. The average molecular weight is 617 g/mol. The molecular formula is C36H45FN4O4. The third-order valence-electron chi connectivity index (χ3n) is 8.47. The first-order chi connectivity index (χ1) is 21.3. The molecule has 3 N–H and O–H groups in total. The van der Waals surface area contributed by atoms with Gasteiger partial charge in [0.25, 0.3) is 0 Å². The minimum absolute atomic E-state index is 0.173. The van der Waals surface area contributed by atoms with Crippen LogP contribution in [-0.4, -0.2) is 88.4 Å². The topological polar surface area (TPSA) is 107 Å². The van der Waals surface area contributed by atoms with Crippen LogP contribution >= 0.6 is 0 Å². The van der Waals surface area contributed by atoms with Gasteiger partial charge in [-0.15, -0.1) is 0 Å². The number of fused-ring (bicyclic) bond motifs is 1. The molecule has 0 saturated carbocycles. The van der Waals surface area contributed by atoms with Crippen molar-refractivity contribution in [2.45, 2.75) is 69.7 Å². The van der Waals surface area contributed by atoms with Crippen LogP contribution in [0.3, 0.4) is 0 Å². The molecular weight excluding hydrogens is 571 g/mol. The lowest BCUT2D eigenvalue weighted by atomic mass is 9.97. The fraction of sp³-hybridized carbons (Fsp3) is 0.417. The zero-order chi connectivity index (χ0) is 32.7. The fourth-order valence-electron chi connectivity index (χ4n) is 5.63. The number of carbonyl (C=O) groups is 3. The van der Waals surface area contributed by atoms with Gasteiger partial charge in [-0.3, -0.25) is 14.4 Å². The Bertz CT molecular complexity index is 1510. The molecule has 2 atom stereocenters. The van der Waals surface area contributed by atoms with Gasteiger partial charge in [-0.2, -0.15) is 0 Å². The first-order valence-electron chi connectivity index (χ1n) is 15.5. The zero-order valence-corrected chi connectivity index (χ0v) is 26.7. The molecule has 1 fully saturated rings. The number of rotatable bonds is 11. The van der Waals surface area contributed by atoms with Crippen molar-refractivity contribution in [3.8, 4) is 0 Å². The number of aliphatic hydroxyl groups is 1. The van der Waals surface area contributed by atoms with Gasteiger partial charge < -0.3 is 25.5 Å². The number of likely N-dealkylation sites (N-methyl/N-ethyl adjacent to an activating group) is 2. The first-order valence-corrected chi connectivity index (χ1v) is 15.5. The van der Waals surface area contributed by atoms with Gasteiger partial charge in [0, 0.05) is 45.6 Å². The largest absolute Gasteiger partial charge is 0.393 e. The zero-order valence-electron chi connectivity index (χ0n) is 26.7. The third kappa shape index (κ3) is 9.22. The molecule has 0 bridgehead atoms. The Balaban J connectivity index is 1.66. The fourth-order valence-corrected chi connectivity index (χ4v) is 5.63. The summed E-state index contributed by atoms with van der Waals surface area (Å²) < 4.78 is 13.7. The Labute approximate surface area is 265 Å². The van der Waals surface area contributed by atoms with Crippen LogP contribution in [0.15, 0.2) is 78.9 Å². The van der Waals surface area contributed by atoms with Crippen LogP contribution in [0.5, 0.6) is 0 Å². The van der Waals surface area contributed by atoms with Gasteiger partial charge in [-0.05, 0) is 73.2 Å². The summed E-state index contributed by atoms with van der Waals surface area (Å²) in [6, 6.07) is 18.0. The van der Waals surface area contributed by atoms with E-state index in [2.05, 4.69) is 0 Å². The molecule has 1 heterocycles. The summed E-state index contributed by atoms with van der Waals surface area (Å²) in [5.41, 5.74) is 7.17. The summed E-state index contributed by atoms with van der Waals surface area (Å²) in [6.45, 7) is 4.49. The maximum Gasteiger partial charge on any atom is 0.246 e. The Hall–Kier alpha value is -4.08. The predicted molar refractivity (Wildman–Crippen MR) is 175 cm³/mol. The summed E-state index contributed by atoms with van der Waals surface area (Å²) in [4.78, 5) is 46.3. The molecule has 1 aliphatic heterocycles. The molecule has 9 heteroatoms. The van der Waals surface area contributed by atoms with E-state index in [0.29, 0.717) is 37.9 Å².